The number of hydrogen-bond donors (Lipinski definition) is 2. The van der Waals surface area contributed by atoms with Gasteiger partial charge in [0.15, 0.2) is 0 Å². The van der Waals surface area contributed by atoms with E-state index in [1.165, 1.54) is 44.8 Å². The zero-order chi connectivity index (χ0) is 24.4. The second-order valence-corrected chi connectivity index (χ2v) is 9.51. The van der Waals surface area contributed by atoms with E-state index in [4.69, 9.17) is 16.3 Å². The van der Waals surface area contributed by atoms with Crippen LogP contribution in [-0.2, 0) is 4.79 Å². The van der Waals surface area contributed by atoms with Gasteiger partial charge in [-0.15, -0.1) is 0 Å². The normalized spacial score (nSPS) is 19.9. The molecule has 1 saturated heterocycles. The molecule has 2 aliphatic rings. The van der Waals surface area contributed by atoms with Crippen molar-refractivity contribution in [3.8, 4) is 5.75 Å². The number of methoxy groups -OCH3 is 1. The third-order valence-corrected chi connectivity index (χ3v) is 7.12. The average Bonchev–Trinajstić information content (AvgIpc) is 3.43. The van der Waals surface area contributed by atoms with Crippen LogP contribution in [0.2, 0.25) is 5.02 Å². The summed E-state index contributed by atoms with van der Waals surface area (Å²) in [5.41, 5.74) is 1.70. The highest BCUT2D eigenvalue weighted by molar-refractivity contribution is 6.31. The van der Waals surface area contributed by atoms with Gasteiger partial charge < -0.3 is 15.4 Å². The number of aromatic nitrogens is 2. The first kappa shape index (κ1) is 23.5. The molecule has 2 atom stereocenters. The number of amides is 1. The van der Waals surface area contributed by atoms with E-state index in [9.17, 15) is 9.18 Å². The maximum Gasteiger partial charge on any atom is 0.248 e. The van der Waals surface area contributed by atoms with Crippen molar-refractivity contribution in [1.29, 1.82) is 0 Å². The summed E-state index contributed by atoms with van der Waals surface area (Å²) in [6, 6.07) is 7.83. The predicted molar refractivity (Wildman–Crippen MR) is 136 cm³/mol. The lowest BCUT2D eigenvalue weighted by atomic mass is 10.0. The van der Waals surface area contributed by atoms with Crippen LogP contribution >= 0.6 is 11.6 Å². The number of nitrogens with one attached hydrogen (secondary N) is 2. The summed E-state index contributed by atoms with van der Waals surface area (Å²) in [5, 5.41) is 6.71. The number of rotatable bonds is 7. The van der Waals surface area contributed by atoms with Crippen molar-refractivity contribution in [2.75, 3.05) is 37.4 Å². The standard InChI is InChI=1S/C26H27ClFN5O2/c1-35-24-12-22-19(26(30-15-29-22)31-18-7-8-21(28)20(27)10-18)11-23(24)32-25(34)6-3-9-33-13-16-4-2-5-17(16)14-33/h3,6-8,10-12,15-17H,2,4-5,9,13-14H2,1H3,(H,32,34)(H,29,30,31)/b6-3+. The molecular weight excluding hydrogens is 469 g/mol. The van der Waals surface area contributed by atoms with E-state index in [2.05, 4.69) is 25.5 Å². The molecule has 0 radical (unpaired) electrons. The summed E-state index contributed by atoms with van der Waals surface area (Å²) >= 11 is 5.91. The molecular formula is C26H27ClFN5O2. The van der Waals surface area contributed by atoms with Gasteiger partial charge in [-0.2, -0.15) is 0 Å². The number of nitrogens with zero attached hydrogens (tertiary/aromatic N) is 3. The van der Waals surface area contributed by atoms with Crippen LogP contribution in [0, 0.1) is 17.7 Å². The van der Waals surface area contributed by atoms with E-state index < -0.39 is 5.82 Å². The molecule has 5 rings (SSSR count). The van der Waals surface area contributed by atoms with Crippen molar-refractivity contribution < 1.29 is 13.9 Å². The highest BCUT2D eigenvalue weighted by Gasteiger charge is 2.35. The summed E-state index contributed by atoms with van der Waals surface area (Å²) in [6.45, 7) is 3.03. The topological polar surface area (TPSA) is 79.4 Å². The third kappa shape index (κ3) is 5.23. The number of carbonyl (C=O) groups is 1. The van der Waals surface area contributed by atoms with Gasteiger partial charge in [0.25, 0.3) is 0 Å². The van der Waals surface area contributed by atoms with Crippen molar-refractivity contribution in [1.82, 2.24) is 14.9 Å². The number of anilines is 3. The fraction of sp³-hybridized carbons (Fsp3) is 0.346. The molecule has 2 heterocycles. The van der Waals surface area contributed by atoms with Crippen LogP contribution in [0.4, 0.5) is 21.6 Å². The molecule has 2 fully saturated rings. The average molecular weight is 496 g/mol. The van der Waals surface area contributed by atoms with Gasteiger partial charge >= 0.3 is 0 Å². The summed E-state index contributed by atoms with van der Waals surface area (Å²) in [7, 11) is 1.54. The summed E-state index contributed by atoms with van der Waals surface area (Å²) in [5.74, 6) is 1.90. The van der Waals surface area contributed by atoms with Crippen LogP contribution in [0.5, 0.6) is 5.75 Å². The predicted octanol–water partition coefficient (Wildman–Crippen LogP) is 5.40. The van der Waals surface area contributed by atoms with Gasteiger partial charge in [-0.05, 0) is 48.9 Å². The van der Waals surface area contributed by atoms with E-state index in [0.717, 1.165) is 31.5 Å². The Bertz CT molecular complexity index is 1270. The Labute approximate surface area is 208 Å². The second-order valence-electron chi connectivity index (χ2n) is 9.11. The van der Waals surface area contributed by atoms with Crippen molar-refractivity contribution in [3.63, 3.8) is 0 Å². The molecule has 1 amide bonds. The van der Waals surface area contributed by atoms with Gasteiger partial charge in [-0.25, -0.2) is 14.4 Å². The van der Waals surface area contributed by atoms with Gasteiger partial charge in [0.05, 0.1) is 23.3 Å². The van der Waals surface area contributed by atoms with Gasteiger partial charge in [0.1, 0.15) is 23.7 Å². The van der Waals surface area contributed by atoms with Crippen LogP contribution in [0.1, 0.15) is 19.3 Å². The minimum atomic E-state index is -0.500. The Morgan fingerprint density at radius 1 is 1.23 bits per heavy atom. The zero-order valence-corrected chi connectivity index (χ0v) is 20.2. The smallest absolute Gasteiger partial charge is 0.248 e. The third-order valence-electron chi connectivity index (χ3n) is 6.83. The molecule has 35 heavy (non-hydrogen) atoms. The molecule has 2 aromatic carbocycles. The maximum absolute atomic E-state index is 13.5. The lowest BCUT2D eigenvalue weighted by molar-refractivity contribution is -0.111. The number of hydrogen-bond acceptors (Lipinski definition) is 6. The monoisotopic (exact) mass is 495 g/mol. The van der Waals surface area contributed by atoms with Crippen molar-refractivity contribution in [2.24, 2.45) is 11.8 Å². The molecule has 1 aliphatic heterocycles. The van der Waals surface area contributed by atoms with Gasteiger partial charge in [0, 0.05) is 42.9 Å². The Hall–Kier alpha value is -3.23. The number of halogens is 2. The highest BCUT2D eigenvalue weighted by Crippen LogP contribution is 2.37. The minimum absolute atomic E-state index is 0.00640. The van der Waals surface area contributed by atoms with E-state index in [-0.39, 0.29) is 10.9 Å². The Morgan fingerprint density at radius 3 is 2.77 bits per heavy atom. The molecule has 1 aliphatic carbocycles. The molecule has 182 valence electrons. The molecule has 7 nitrogen and oxygen atoms in total. The fourth-order valence-corrected chi connectivity index (χ4v) is 5.31. The van der Waals surface area contributed by atoms with Gasteiger partial charge in [-0.1, -0.05) is 24.1 Å². The summed E-state index contributed by atoms with van der Waals surface area (Å²) < 4.78 is 19.0. The molecule has 2 N–H and O–H groups in total. The zero-order valence-electron chi connectivity index (χ0n) is 19.4. The van der Waals surface area contributed by atoms with E-state index in [0.29, 0.717) is 33.8 Å². The molecule has 0 spiro atoms. The fourth-order valence-electron chi connectivity index (χ4n) is 5.13. The number of ether oxygens (including phenoxy) is 1. The SMILES string of the molecule is COc1cc2ncnc(Nc3ccc(F)c(Cl)c3)c2cc1NC(=O)/C=C/CN1CC2CCCC2C1. The molecule has 1 saturated carbocycles. The number of likely N-dealkylation sites (tertiary alicyclic amines) is 1. The number of carbonyl (C=O) groups excluding carboxylic acids is 1. The van der Waals surface area contributed by atoms with E-state index >= 15 is 0 Å². The summed E-state index contributed by atoms with van der Waals surface area (Å²) in [6.07, 6.45) is 8.93. The molecule has 9 heteroatoms. The first-order valence-electron chi connectivity index (χ1n) is 11.7. The van der Waals surface area contributed by atoms with Crippen molar-refractivity contribution in [2.45, 2.75) is 19.3 Å². The highest BCUT2D eigenvalue weighted by atomic mass is 35.5. The second kappa shape index (κ2) is 10.2. The maximum atomic E-state index is 13.5. The van der Waals surface area contributed by atoms with E-state index in [1.807, 2.05) is 6.08 Å². The van der Waals surface area contributed by atoms with Gasteiger partial charge in [0.2, 0.25) is 5.91 Å². The lowest BCUT2D eigenvalue weighted by Gasteiger charge is -2.14. The first-order valence-corrected chi connectivity index (χ1v) is 12.1. The summed E-state index contributed by atoms with van der Waals surface area (Å²) in [4.78, 5) is 23.7. The lowest BCUT2D eigenvalue weighted by Crippen LogP contribution is -2.22. The van der Waals surface area contributed by atoms with Crippen LogP contribution in [0.25, 0.3) is 10.9 Å². The molecule has 3 aromatic rings. The largest absolute Gasteiger partial charge is 0.494 e. The Balaban J connectivity index is 1.31. The molecule has 1 aromatic heterocycles. The molecule has 2 unspecified atom stereocenters. The quantitative estimate of drug-likeness (QED) is 0.427. The van der Waals surface area contributed by atoms with Crippen LogP contribution < -0.4 is 15.4 Å². The first-order chi connectivity index (χ1) is 17.0. The van der Waals surface area contributed by atoms with Gasteiger partial charge in [-0.3, -0.25) is 9.69 Å². The number of benzene rings is 2. The Morgan fingerprint density at radius 2 is 2.03 bits per heavy atom. The van der Waals surface area contributed by atoms with Crippen LogP contribution in [-0.4, -0.2) is 47.5 Å². The van der Waals surface area contributed by atoms with E-state index in [1.54, 1.807) is 24.3 Å². The Kier molecular flexibility index (Phi) is 6.83. The van der Waals surface area contributed by atoms with Crippen molar-refractivity contribution in [3.05, 3.63) is 59.7 Å². The van der Waals surface area contributed by atoms with Crippen LogP contribution in [0.3, 0.4) is 0 Å². The minimum Gasteiger partial charge on any atom is -0.494 e. The van der Waals surface area contributed by atoms with Crippen molar-refractivity contribution >= 4 is 45.6 Å². The molecule has 0 bridgehead atoms. The number of fused-ring (bicyclic) bond motifs is 2. The van der Waals surface area contributed by atoms with Crippen LogP contribution in [0.15, 0.2) is 48.8 Å².